The largest absolute Gasteiger partial charge is 0.494 e. The predicted molar refractivity (Wildman–Crippen MR) is 111 cm³/mol. The van der Waals surface area contributed by atoms with Gasteiger partial charge in [0, 0.05) is 34.8 Å². The van der Waals surface area contributed by atoms with E-state index in [1.165, 1.54) is 12.1 Å². The van der Waals surface area contributed by atoms with E-state index in [2.05, 4.69) is 21.2 Å². The molecule has 3 aromatic rings. The number of aromatic nitrogens is 1. The highest BCUT2D eigenvalue weighted by atomic mass is 16.6. The number of nitrogens with one attached hydrogen (secondary N) is 1. The molecule has 0 aliphatic rings. The molecule has 1 N–H and O–H groups in total. The van der Waals surface area contributed by atoms with E-state index >= 15 is 0 Å². The van der Waals surface area contributed by atoms with E-state index in [0.29, 0.717) is 12.3 Å². The smallest absolute Gasteiger partial charge is 0.269 e. The van der Waals surface area contributed by atoms with Crippen molar-refractivity contribution in [3.05, 3.63) is 81.7 Å². The van der Waals surface area contributed by atoms with Gasteiger partial charge in [-0.05, 0) is 63.2 Å². The van der Waals surface area contributed by atoms with Crippen molar-refractivity contribution in [2.75, 3.05) is 12.0 Å². The molecule has 1 heterocycles. The van der Waals surface area contributed by atoms with Crippen molar-refractivity contribution in [1.82, 2.24) is 4.57 Å². The molecule has 28 heavy (non-hydrogen) atoms. The average Bonchev–Trinajstić information content (AvgIpc) is 2.97. The van der Waals surface area contributed by atoms with Crippen LogP contribution in [0, 0.1) is 24.0 Å². The Bertz CT molecular complexity index is 990. The molecule has 0 unspecified atom stereocenters. The van der Waals surface area contributed by atoms with Gasteiger partial charge in [0.25, 0.3) is 5.69 Å². The normalized spacial score (nSPS) is 11.0. The molecule has 7 nitrogen and oxygen atoms in total. The molecular weight excluding hydrogens is 356 g/mol. The van der Waals surface area contributed by atoms with Gasteiger partial charge in [-0.2, -0.15) is 5.10 Å². The zero-order valence-corrected chi connectivity index (χ0v) is 16.0. The van der Waals surface area contributed by atoms with E-state index in [1.54, 1.807) is 18.3 Å². The number of non-ortho nitro benzene ring substituents is 1. The van der Waals surface area contributed by atoms with Gasteiger partial charge < -0.3 is 9.30 Å². The molecule has 3 rings (SSSR count). The zero-order chi connectivity index (χ0) is 20.1. The number of benzene rings is 2. The highest BCUT2D eigenvalue weighted by Gasteiger charge is 2.09. The molecule has 0 saturated heterocycles. The maximum absolute atomic E-state index is 10.7. The first-order chi connectivity index (χ1) is 13.5. The average molecular weight is 378 g/mol. The summed E-state index contributed by atoms with van der Waals surface area (Å²) < 4.78 is 7.66. The molecule has 1 aromatic heterocycles. The van der Waals surface area contributed by atoms with Gasteiger partial charge >= 0.3 is 0 Å². The van der Waals surface area contributed by atoms with E-state index in [4.69, 9.17) is 4.74 Å². The Balaban J connectivity index is 1.75. The summed E-state index contributed by atoms with van der Waals surface area (Å²) in [5.41, 5.74) is 7.83. The summed E-state index contributed by atoms with van der Waals surface area (Å²) in [5, 5.41) is 15.0. The van der Waals surface area contributed by atoms with Crippen LogP contribution in [-0.2, 0) is 0 Å². The van der Waals surface area contributed by atoms with Crippen molar-refractivity contribution >= 4 is 17.6 Å². The van der Waals surface area contributed by atoms with Crippen LogP contribution in [0.1, 0.15) is 23.9 Å². The van der Waals surface area contributed by atoms with Gasteiger partial charge in [0.1, 0.15) is 5.75 Å². The summed E-state index contributed by atoms with van der Waals surface area (Å²) in [6.45, 7) is 6.69. The van der Waals surface area contributed by atoms with E-state index in [-0.39, 0.29) is 5.69 Å². The van der Waals surface area contributed by atoms with Crippen LogP contribution in [0.5, 0.6) is 5.75 Å². The number of nitro groups is 1. The molecule has 0 aliphatic carbocycles. The van der Waals surface area contributed by atoms with Crippen LogP contribution in [0.25, 0.3) is 5.69 Å². The highest BCUT2D eigenvalue weighted by molar-refractivity contribution is 5.82. The third kappa shape index (κ3) is 4.20. The highest BCUT2D eigenvalue weighted by Crippen LogP contribution is 2.22. The first-order valence-electron chi connectivity index (χ1n) is 8.95. The number of hydrazone groups is 1. The van der Waals surface area contributed by atoms with Gasteiger partial charge in [0.15, 0.2) is 0 Å². The van der Waals surface area contributed by atoms with Gasteiger partial charge in [0.2, 0.25) is 0 Å². The molecule has 7 heteroatoms. The molecule has 0 aliphatic heterocycles. The van der Waals surface area contributed by atoms with Crippen LogP contribution in [0.3, 0.4) is 0 Å². The third-order valence-corrected chi connectivity index (χ3v) is 4.35. The fourth-order valence-corrected chi connectivity index (χ4v) is 3.01. The van der Waals surface area contributed by atoms with E-state index < -0.39 is 4.92 Å². The van der Waals surface area contributed by atoms with Gasteiger partial charge in [-0.3, -0.25) is 15.5 Å². The summed E-state index contributed by atoms with van der Waals surface area (Å²) >= 11 is 0. The van der Waals surface area contributed by atoms with Crippen LogP contribution < -0.4 is 10.2 Å². The summed E-state index contributed by atoms with van der Waals surface area (Å²) in [4.78, 5) is 10.3. The van der Waals surface area contributed by atoms with Crippen molar-refractivity contribution in [2.24, 2.45) is 5.10 Å². The lowest BCUT2D eigenvalue weighted by molar-refractivity contribution is -0.384. The second-order valence-corrected chi connectivity index (χ2v) is 6.26. The summed E-state index contributed by atoms with van der Waals surface area (Å²) in [5.74, 6) is 0.850. The number of hydrogen-bond donors (Lipinski definition) is 1. The van der Waals surface area contributed by atoms with Crippen LogP contribution >= 0.6 is 0 Å². The molecule has 0 spiro atoms. The van der Waals surface area contributed by atoms with Crippen molar-refractivity contribution in [1.29, 1.82) is 0 Å². The van der Waals surface area contributed by atoms with E-state index in [1.807, 2.05) is 45.0 Å². The van der Waals surface area contributed by atoms with Crippen molar-refractivity contribution in [2.45, 2.75) is 20.8 Å². The quantitative estimate of drug-likeness (QED) is 0.362. The maximum atomic E-state index is 10.7. The number of hydrogen-bond acceptors (Lipinski definition) is 5. The lowest BCUT2D eigenvalue weighted by Crippen LogP contribution is -2.00. The van der Waals surface area contributed by atoms with Crippen LogP contribution in [-0.4, -0.2) is 22.3 Å². The molecule has 0 atom stereocenters. The number of aryl methyl sites for hydroxylation is 1. The fraction of sp³-hybridized carbons (Fsp3) is 0.190. The van der Waals surface area contributed by atoms with E-state index in [9.17, 15) is 10.1 Å². The lowest BCUT2D eigenvalue weighted by Gasteiger charge is -2.11. The Morgan fingerprint density at radius 2 is 1.82 bits per heavy atom. The van der Waals surface area contributed by atoms with Crippen molar-refractivity contribution < 1.29 is 9.66 Å². The molecule has 0 fully saturated rings. The Hall–Kier alpha value is -3.61. The number of anilines is 1. The molecular formula is C21H22N4O3. The topological polar surface area (TPSA) is 81.7 Å². The minimum absolute atomic E-state index is 0.0495. The minimum atomic E-state index is -0.428. The predicted octanol–water partition coefficient (Wildman–Crippen LogP) is 4.85. The number of rotatable bonds is 7. The standard InChI is InChI=1S/C21H22N4O3/c1-4-28-21-11-9-19(10-12-21)24-15(2)13-17(16(24)3)14-22-23-18-5-7-20(8-6-18)25(26)27/h5-14,23H,4H2,1-3H3. The van der Waals surface area contributed by atoms with Gasteiger partial charge in [0.05, 0.1) is 23.4 Å². The lowest BCUT2D eigenvalue weighted by atomic mass is 10.2. The zero-order valence-electron chi connectivity index (χ0n) is 16.0. The minimum Gasteiger partial charge on any atom is -0.494 e. The number of nitro benzene ring substituents is 1. The molecule has 0 bridgehead atoms. The third-order valence-electron chi connectivity index (χ3n) is 4.35. The van der Waals surface area contributed by atoms with Crippen molar-refractivity contribution in [3.63, 3.8) is 0 Å². The van der Waals surface area contributed by atoms with Crippen LogP contribution in [0.2, 0.25) is 0 Å². The van der Waals surface area contributed by atoms with Gasteiger partial charge in [-0.25, -0.2) is 0 Å². The molecule has 0 saturated carbocycles. The first kappa shape index (κ1) is 19.2. The Kier molecular flexibility index (Phi) is 5.74. The van der Waals surface area contributed by atoms with Gasteiger partial charge in [-0.15, -0.1) is 0 Å². The first-order valence-corrected chi connectivity index (χ1v) is 8.95. The second-order valence-electron chi connectivity index (χ2n) is 6.26. The monoisotopic (exact) mass is 378 g/mol. The Morgan fingerprint density at radius 1 is 1.14 bits per heavy atom. The van der Waals surface area contributed by atoms with Crippen LogP contribution in [0.15, 0.2) is 59.7 Å². The fourth-order valence-electron chi connectivity index (χ4n) is 3.01. The molecule has 144 valence electrons. The Morgan fingerprint density at radius 3 is 2.43 bits per heavy atom. The number of ether oxygens (including phenoxy) is 1. The van der Waals surface area contributed by atoms with Crippen molar-refractivity contribution in [3.8, 4) is 11.4 Å². The molecule has 2 aromatic carbocycles. The van der Waals surface area contributed by atoms with Crippen LogP contribution in [0.4, 0.5) is 11.4 Å². The SMILES string of the molecule is CCOc1ccc(-n2c(C)cc(C=NNc3ccc([N+](=O)[O-])cc3)c2C)cc1. The number of nitrogens with zero attached hydrogens (tertiary/aromatic N) is 3. The molecule has 0 amide bonds. The summed E-state index contributed by atoms with van der Waals surface area (Å²) in [6.07, 6.45) is 1.74. The summed E-state index contributed by atoms with van der Waals surface area (Å²) in [6, 6.07) is 16.2. The second kappa shape index (κ2) is 8.39. The molecule has 0 radical (unpaired) electrons. The summed E-state index contributed by atoms with van der Waals surface area (Å²) in [7, 11) is 0. The maximum Gasteiger partial charge on any atom is 0.269 e. The van der Waals surface area contributed by atoms with E-state index in [0.717, 1.165) is 28.4 Å². The van der Waals surface area contributed by atoms with Gasteiger partial charge in [-0.1, -0.05) is 0 Å². The Labute approximate surface area is 163 Å².